The number of aryl methyl sites for hydroxylation is 1. The van der Waals surface area contributed by atoms with Gasteiger partial charge in [0.05, 0.1) is 12.1 Å². The average molecular weight is 465 g/mol. The second-order valence-corrected chi connectivity index (χ2v) is 8.51. The Morgan fingerprint density at radius 2 is 1.67 bits per heavy atom. The van der Waals surface area contributed by atoms with Crippen LogP contribution < -0.4 is 10.6 Å². The van der Waals surface area contributed by atoms with Crippen LogP contribution in [-0.2, 0) is 11.2 Å². The van der Waals surface area contributed by atoms with Crippen molar-refractivity contribution >= 4 is 5.91 Å². The van der Waals surface area contributed by atoms with Crippen LogP contribution in [0, 0.1) is 18.3 Å². The van der Waals surface area contributed by atoms with Crippen molar-refractivity contribution in [2.24, 2.45) is 0 Å². The van der Waals surface area contributed by atoms with Gasteiger partial charge in [0.25, 0.3) is 5.92 Å². The number of amides is 1. The Bertz CT molecular complexity index is 996. The Balaban J connectivity index is 1.87. The first-order valence-electron chi connectivity index (χ1n) is 10.5. The fraction of sp³-hybridized carbons (Fsp3) is 0.417. The molecule has 4 nitrogen and oxygen atoms in total. The van der Waals surface area contributed by atoms with Crippen molar-refractivity contribution < 1.29 is 26.7 Å². The van der Waals surface area contributed by atoms with Crippen molar-refractivity contribution in [3.05, 3.63) is 71.3 Å². The molecule has 0 bridgehead atoms. The zero-order chi connectivity index (χ0) is 24.3. The highest BCUT2D eigenvalue weighted by molar-refractivity contribution is 5.83. The molecule has 0 saturated heterocycles. The Kier molecular flexibility index (Phi) is 7.08. The first kappa shape index (κ1) is 24.6. The molecule has 0 aromatic heterocycles. The third-order valence-corrected chi connectivity index (χ3v) is 5.56. The predicted molar refractivity (Wildman–Crippen MR) is 112 cm³/mol. The lowest BCUT2D eigenvalue weighted by Gasteiger charge is -2.30. The smallest absolute Gasteiger partial charge is 0.336 e. The van der Waals surface area contributed by atoms with Crippen LogP contribution >= 0.6 is 0 Å². The predicted octanol–water partition coefficient (Wildman–Crippen LogP) is 5.00. The zero-order valence-corrected chi connectivity index (χ0v) is 17.9. The summed E-state index contributed by atoms with van der Waals surface area (Å²) >= 11 is 0. The molecule has 1 aliphatic carbocycles. The lowest BCUT2D eigenvalue weighted by atomic mass is 9.97. The summed E-state index contributed by atoms with van der Waals surface area (Å²) in [5, 5.41) is 13.7. The van der Waals surface area contributed by atoms with E-state index in [1.807, 2.05) is 6.07 Å². The molecule has 2 unspecified atom stereocenters. The van der Waals surface area contributed by atoms with Crippen molar-refractivity contribution in [2.45, 2.75) is 62.3 Å². The van der Waals surface area contributed by atoms with Gasteiger partial charge in [-0.1, -0.05) is 60.2 Å². The summed E-state index contributed by atoms with van der Waals surface area (Å²) in [6, 6.07) is 10.9. The van der Waals surface area contributed by atoms with Gasteiger partial charge in [-0.25, -0.2) is 8.78 Å². The lowest BCUT2D eigenvalue weighted by Crippen LogP contribution is -2.53. The monoisotopic (exact) mass is 465 g/mol. The van der Waals surface area contributed by atoms with Gasteiger partial charge < -0.3 is 5.32 Å². The van der Waals surface area contributed by atoms with Crippen LogP contribution in [0.3, 0.4) is 0 Å². The summed E-state index contributed by atoms with van der Waals surface area (Å²) in [5.41, 5.74) is -0.376. The van der Waals surface area contributed by atoms with E-state index in [1.54, 1.807) is 25.1 Å². The van der Waals surface area contributed by atoms with E-state index in [4.69, 9.17) is 0 Å². The number of alkyl halides is 5. The quantitative estimate of drug-likeness (QED) is 0.513. The second-order valence-electron chi connectivity index (χ2n) is 8.51. The highest BCUT2D eigenvalue weighted by Gasteiger charge is 2.49. The van der Waals surface area contributed by atoms with Crippen molar-refractivity contribution in [2.75, 3.05) is 0 Å². The van der Waals surface area contributed by atoms with Crippen molar-refractivity contribution in [1.29, 1.82) is 5.26 Å². The standard InChI is InChI=1S/C24H24F5N3O/c1-16-7-9-18(10-8-16)20(24(27,28)29)31-19(21(33)32-22(15-30)11-12-22)14-23(25,26)13-17-5-3-2-4-6-17/h2-10,19-20,31H,11-14H2,1H3,(H,32,33). The summed E-state index contributed by atoms with van der Waals surface area (Å²) in [6.07, 6.45) is -6.08. The molecule has 9 heteroatoms. The van der Waals surface area contributed by atoms with Gasteiger partial charge in [0, 0.05) is 12.8 Å². The molecule has 2 aromatic rings. The maximum Gasteiger partial charge on any atom is 0.407 e. The molecule has 2 N–H and O–H groups in total. The maximum absolute atomic E-state index is 14.9. The van der Waals surface area contributed by atoms with E-state index >= 15 is 0 Å². The number of hydrogen-bond donors (Lipinski definition) is 2. The van der Waals surface area contributed by atoms with Crippen molar-refractivity contribution in [1.82, 2.24) is 10.6 Å². The van der Waals surface area contributed by atoms with Crippen LogP contribution in [0.25, 0.3) is 0 Å². The summed E-state index contributed by atoms with van der Waals surface area (Å²) in [6.45, 7) is 1.71. The minimum absolute atomic E-state index is 0.196. The second kappa shape index (κ2) is 9.48. The normalized spacial score (nSPS) is 17.0. The van der Waals surface area contributed by atoms with Crippen molar-refractivity contribution in [3.8, 4) is 6.07 Å². The topological polar surface area (TPSA) is 64.9 Å². The first-order chi connectivity index (χ1) is 15.4. The number of nitriles is 1. The Labute approximate surface area is 188 Å². The summed E-state index contributed by atoms with van der Waals surface area (Å²) in [4.78, 5) is 12.8. The molecule has 1 aliphatic rings. The molecule has 0 heterocycles. The average Bonchev–Trinajstić information content (AvgIpc) is 3.51. The van der Waals surface area contributed by atoms with E-state index in [9.17, 15) is 32.0 Å². The minimum Gasteiger partial charge on any atom is -0.336 e. The third-order valence-electron chi connectivity index (χ3n) is 5.56. The van der Waals surface area contributed by atoms with Crippen LogP contribution in [0.15, 0.2) is 54.6 Å². The Hall–Kier alpha value is -2.99. The van der Waals surface area contributed by atoms with E-state index in [1.165, 1.54) is 36.4 Å². The largest absolute Gasteiger partial charge is 0.407 e. The van der Waals surface area contributed by atoms with Gasteiger partial charge in [0.2, 0.25) is 5.91 Å². The van der Waals surface area contributed by atoms with E-state index in [-0.39, 0.29) is 5.56 Å². The molecule has 1 fully saturated rings. The van der Waals surface area contributed by atoms with E-state index in [2.05, 4.69) is 10.6 Å². The van der Waals surface area contributed by atoms with E-state index in [0.29, 0.717) is 18.4 Å². The first-order valence-corrected chi connectivity index (χ1v) is 10.5. The SMILES string of the molecule is Cc1ccc(C(NC(CC(F)(F)Cc2ccccc2)C(=O)NC2(C#N)CC2)C(F)(F)F)cc1. The van der Waals surface area contributed by atoms with Crippen molar-refractivity contribution in [3.63, 3.8) is 0 Å². The highest BCUT2D eigenvalue weighted by atomic mass is 19.4. The zero-order valence-electron chi connectivity index (χ0n) is 17.9. The van der Waals surface area contributed by atoms with Crippen LogP contribution in [0.2, 0.25) is 0 Å². The van der Waals surface area contributed by atoms with Gasteiger partial charge in [-0.15, -0.1) is 0 Å². The fourth-order valence-corrected chi connectivity index (χ4v) is 3.55. The summed E-state index contributed by atoms with van der Waals surface area (Å²) < 4.78 is 71.4. The highest BCUT2D eigenvalue weighted by Crippen LogP contribution is 2.37. The van der Waals surface area contributed by atoms with Crippen LogP contribution in [0.5, 0.6) is 0 Å². The fourth-order valence-electron chi connectivity index (χ4n) is 3.55. The molecule has 3 rings (SSSR count). The Morgan fingerprint density at radius 1 is 1.06 bits per heavy atom. The van der Waals surface area contributed by atoms with Gasteiger partial charge in [0.15, 0.2) is 0 Å². The molecule has 176 valence electrons. The minimum atomic E-state index is -4.84. The number of hydrogen-bond acceptors (Lipinski definition) is 3. The number of benzene rings is 2. The van der Waals surface area contributed by atoms with Gasteiger partial charge in [-0.3, -0.25) is 10.1 Å². The van der Waals surface area contributed by atoms with Crippen LogP contribution in [0.4, 0.5) is 22.0 Å². The van der Waals surface area contributed by atoms with E-state index in [0.717, 1.165) is 5.56 Å². The van der Waals surface area contributed by atoms with Gasteiger partial charge in [0.1, 0.15) is 11.6 Å². The molecule has 0 radical (unpaired) electrons. The number of nitrogens with one attached hydrogen (secondary N) is 2. The molecule has 2 aromatic carbocycles. The number of carbonyl (C=O) groups is 1. The summed E-state index contributed by atoms with van der Waals surface area (Å²) in [5.74, 6) is -4.52. The molecular formula is C24H24F5N3O. The number of rotatable bonds is 9. The molecule has 1 amide bonds. The van der Waals surface area contributed by atoms with Crippen LogP contribution in [0.1, 0.15) is 42.0 Å². The number of halogens is 5. The molecule has 33 heavy (non-hydrogen) atoms. The van der Waals surface area contributed by atoms with Gasteiger partial charge in [-0.05, 0) is 30.9 Å². The number of carbonyl (C=O) groups excluding carboxylic acids is 1. The molecule has 0 aliphatic heterocycles. The molecule has 2 atom stereocenters. The lowest BCUT2D eigenvalue weighted by molar-refractivity contribution is -0.163. The van der Waals surface area contributed by atoms with E-state index < -0.39 is 48.5 Å². The summed E-state index contributed by atoms with van der Waals surface area (Å²) in [7, 11) is 0. The van der Waals surface area contributed by atoms with Gasteiger partial charge in [-0.2, -0.15) is 18.4 Å². The molecule has 0 spiro atoms. The van der Waals surface area contributed by atoms with Crippen LogP contribution in [-0.4, -0.2) is 29.6 Å². The number of nitrogens with zero attached hydrogens (tertiary/aromatic N) is 1. The Morgan fingerprint density at radius 3 is 2.18 bits per heavy atom. The third kappa shape index (κ3) is 6.75. The molecule has 1 saturated carbocycles. The maximum atomic E-state index is 14.9. The molecular weight excluding hydrogens is 441 g/mol. The van der Waals surface area contributed by atoms with Gasteiger partial charge >= 0.3 is 6.18 Å².